The van der Waals surface area contributed by atoms with Gasteiger partial charge in [-0.15, -0.1) is 0 Å². The SMILES string of the molecule is O=C(Cc1cc2c(cn1)C(OCC(F)F)=NC2)C[C@H]1CN(CC2CC2)C[C@@H]1c1ccccc1. The fraction of sp³-hybridized carbons (Fsp3) is 0.500. The molecule has 5 nitrogen and oxygen atoms in total. The van der Waals surface area contributed by atoms with E-state index < -0.39 is 13.0 Å². The monoisotopic (exact) mass is 453 g/mol. The molecule has 1 saturated heterocycles. The van der Waals surface area contributed by atoms with Crippen molar-refractivity contribution in [3.63, 3.8) is 0 Å². The molecule has 7 heteroatoms. The largest absolute Gasteiger partial charge is 0.471 e. The minimum Gasteiger partial charge on any atom is -0.471 e. The van der Waals surface area contributed by atoms with Crippen LogP contribution in [0.25, 0.3) is 0 Å². The zero-order valence-corrected chi connectivity index (χ0v) is 18.6. The number of likely N-dealkylation sites (tertiary alicyclic amines) is 1. The predicted molar refractivity (Wildman–Crippen MR) is 122 cm³/mol. The van der Waals surface area contributed by atoms with Gasteiger partial charge < -0.3 is 9.64 Å². The Morgan fingerprint density at radius 1 is 1.18 bits per heavy atom. The van der Waals surface area contributed by atoms with Crippen LogP contribution in [0.3, 0.4) is 0 Å². The summed E-state index contributed by atoms with van der Waals surface area (Å²) in [5, 5.41) is 0. The maximum absolute atomic E-state index is 13.0. The molecule has 174 valence electrons. The number of fused-ring (bicyclic) bond motifs is 1. The van der Waals surface area contributed by atoms with E-state index >= 15 is 0 Å². The Kier molecular flexibility index (Phi) is 6.49. The molecule has 5 rings (SSSR count). The Hall–Kier alpha value is -2.67. The van der Waals surface area contributed by atoms with Crippen molar-refractivity contribution in [1.82, 2.24) is 9.88 Å². The lowest BCUT2D eigenvalue weighted by atomic mass is 9.85. The maximum Gasteiger partial charge on any atom is 0.272 e. The molecule has 2 fully saturated rings. The molecular formula is C26H29F2N3O2. The van der Waals surface area contributed by atoms with Gasteiger partial charge in [0.1, 0.15) is 5.78 Å². The third kappa shape index (κ3) is 5.46. The standard InChI is InChI=1S/C26H29F2N3O2/c27-25(28)16-33-26-23-12-29-21(8-19(23)11-30-26)10-22(32)9-20-14-31(13-17-6-7-17)15-24(20)18-4-2-1-3-5-18/h1-5,8,12,17,20,24-25H,6-7,9-11,13-16H2/t20-,24+/m0/s1. The van der Waals surface area contributed by atoms with E-state index in [1.165, 1.54) is 18.4 Å². The van der Waals surface area contributed by atoms with Crippen molar-refractivity contribution >= 4 is 11.7 Å². The second kappa shape index (κ2) is 9.67. The topological polar surface area (TPSA) is 54.8 Å². The number of ether oxygens (including phenoxy) is 1. The van der Waals surface area contributed by atoms with Gasteiger partial charge in [-0.1, -0.05) is 30.3 Å². The average molecular weight is 454 g/mol. The van der Waals surface area contributed by atoms with Gasteiger partial charge in [0.05, 0.1) is 12.1 Å². The first kappa shape index (κ1) is 22.1. The number of alkyl halides is 2. The van der Waals surface area contributed by atoms with Crippen LogP contribution in [0, 0.1) is 11.8 Å². The number of carbonyl (C=O) groups excluding carboxylic acids is 1. The van der Waals surface area contributed by atoms with E-state index in [0.717, 1.165) is 31.1 Å². The quantitative estimate of drug-likeness (QED) is 0.570. The predicted octanol–water partition coefficient (Wildman–Crippen LogP) is 4.25. The lowest BCUT2D eigenvalue weighted by Gasteiger charge is -2.18. The van der Waals surface area contributed by atoms with Gasteiger partial charge in [-0.3, -0.25) is 9.78 Å². The molecule has 0 radical (unpaired) electrons. The van der Waals surface area contributed by atoms with Crippen LogP contribution in [0.15, 0.2) is 47.6 Å². The van der Waals surface area contributed by atoms with E-state index in [2.05, 4.69) is 39.1 Å². The summed E-state index contributed by atoms with van der Waals surface area (Å²) in [6, 6.07) is 12.4. The van der Waals surface area contributed by atoms with Crippen molar-refractivity contribution < 1.29 is 18.3 Å². The van der Waals surface area contributed by atoms with Crippen molar-refractivity contribution in [1.29, 1.82) is 0 Å². The van der Waals surface area contributed by atoms with Gasteiger partial charge in [0.25, 0.3) is 6.43 Å². The van der Waals surface area contributed by atoms with Crippen LogP contribution in [-0.4, -0.2) is 54.2 Å². The number of halogens is 2. The number of pyridine rings is 1. The van der Waals surface area contributed by atoms with E-state index in [0.29, 0.717) is 36.1 Å². The molecule has 2 aromatic rings. The zero-order valence-electron chi connectivity index (χ0n) is 18.6. The number of carbonyl (C=O) groups is 1. The number of nitrogens with zero attached hydrogens (tertiary/aromatic N) is 3. The number of aromatic nitrogens is 1. The molecule has 2 aliphatic heterocycles. The molecule has 1 saturated carbocycles. The van der Waals surface area contributed by atoms with Gasteiger partial charge in [-0.05, 0) is 41.9 Å². The molecule has 3 aliphatic rings. The highest BCUT2D eigenvalue weighted by Crippen LogP contribution is 2.38. The Balaban J connectivity index is 1.22. The molecule has 1 aliphatic carbocycles. The van der Waals surface area contributed by atoms with Crippen molar-refractivity contribution in [2.45, 2.75) is 44.6 Å². The first-order valence-electron chi connectivity index (χ1n) is 11.8. The summed E-state index contributed by atoms with van der Waals surface area (Å²) in [5.41, 5.74) is 3.53. The van der Waals surface area contributed by atoms with Crippen LogP contribution >= 0.6 is 0 Å². The van der Waals surface area contributed by atoms with Gasteiger partial charge in [-0.2, -0.15) is 0 Å². The molecule has 1 aromatic carbocycles. The number of ketones is 1. The molecular weight excluding hydrogens is 424 g/mol. The Morgan fingerprint density at radius 2 is 2.00 bits per heavy atom. The third-order valence-electron chi connectivity index (χ3n) is 6.84. The Bertz CT molecular complexity index is 1020. The van der Waals surface area contributed by atoms with Gasteiger partial charge in [0.2, 0.25) is 5.90 Å². The summed E-state index contributed by atoms with van der Waals surface area (Å²) in [4.78, 5) is 24.2. The summed E-state index contributed by atoms with van der Waals surface area (Å²) in [7, 11) is 0. The van der Waals surface area contributed by atoms with Gasteiger partial charge in [0, 0.05) is 50.3 Å². The lowest BCUT2D eigenvalue weighted by Crippen LogP contribution is -2.24. The van der Waals surface area contributed by atoms with Crippen LogP contribution in [0.4, 0.5) is 8.78 Å². The summed E-state index contributed by atoms with van der Waals surface area (Å²) >= 11 is 0. The number of aliphatic imine (C=N–C) groups is 1. The minimum atomic E-state index is -2.54. The molecule has 0 unspecified atom stereocenters. The molecule has 3 heterocycles. The first-order chi connectivity index (χ1) is 16.0. The number of hydrogen-bond donors (Lipinski definition) is 0. The van der Waals surface area contributed by atoms with E-state index in [1.807, 2.05) is 12.1 Å². The number of Topliss-reactive ketones (excluding diaryl/α,β-unsaturated/α-hetero) is 1. The molecule has 1 aromatic heterocycles. The fourth-order valence-corrected chi connectivity index (χ4v) is 5.10. The second-order valence-corrected chi connectivity index (χ2v) is 9.52. The number of hydrogen-bond acceptors (Lipinski definition) is 5. The molecule has 0 bridgehead atoms. The van der Waals surface area contributed by atoms with Crippen LogP contribution < -0.4 is 0 Å². The van der Waals surface area contributed by atoms with Gasteiger partial charge >= 0.3 is 0 Å². The fourth-order valence-electron chi connectivity index (χ4n) is 5.10. The average Bonchev–Trinajstić information content (AvgIpc) is 3.39. The van der Waals surface area contributed by atoms with Crippen LogP contribution in [0.2, 0.25) is 0 Å². The van der Waals surface area contributed by atoms with Gasteiger partial charge in [-0.25, -0.2) is 13.8 Å². The first-order valence-corrected chi connectivity index (χ1v) is 11.8. The van der Waals surface area contributed by atoms with E-state index in [-0.39, 0.29) is 18.1 Å². The van der Waals surface area contributed by atoms with Crippen molar-refractivity contribution in [3.8, 4) is 0 Å². The van der Waals surface area contributed by atoms with Crippen molar-refractivity contribution in [2.75, 3.05) is 26.2 Å². The lowest BCUT2D eigenvalue weighted by molar-refractivity contribution is -0.119. The maximum atomic E-state index is 13.0. The smallest absolute Gasteiger partial charge is 0.272 e. The van der Waals surface area contributed by atoms with E-state index in [1.54, 1.807) is 6.20 Å². The van der Waals surface area contributed by atoms with E-state index in [9.17, 15) is 13.6 Å². The summed E-state index contributed by atoms with van der Waals surface area (Å²) in [5.74, 6) is 1.93. The normalized spacial score (nSPS) is 22.5. The highest BCUT2D eigenvalue weighted by molar-refractivity contribution is 5.97. The van der Waals surface area contributed by atoms with Crippen molar-refractivity contribution in [2.24, 2.45) is 16.8 Å². The third-order valence-corrected chi connectivity index (χ3v) is 6.84. The molecule has 0 N–H and O–H groups in total. The van der Waals surface area contributed by atoms with Crippen LogP contribution in [0.5, 0.6) is 0 Å². The molecule has 0 spiro atoms. The Morgan fingerprint density at radius 3 is 2.76 bits per heavy atom. The van der Waals surface area contributed by atoms with Crippen LogP contribution in [0.1, 0.15) is 47.6 Å². The minimum absolute atomic E-state index is 0.190. The van der Waals surface area contributed by atoms with Crippen molar-refractivity contribution in [3.05, 3.63) is 65.0 Å². The Labute approximate surface area is 192 Å². The molecule has 33 heavy (non-hydrogen) atoms. The highest BCUT2D eigenvalue weighted by atomic mass is 19.3. The second-order valence-electron chi connectivity index (χ2n) is 9.52. The van der Waals surface area contributed by atoms with Gasteiger partial charge in [0.15, 0.2) is 6.61 Å². The molecule has 0 amide bonds. The number of benzene rings is 1. The zero-order chi connectivity index (χ0) is 22.8. The summed E-state index contributed by atoms with van der Waals surface area (Å²) < 4.78 is 29.9. The highest BCUT2D eigenvalue weighted by Gasteiger charge is 2.37. The van der Waals surface area contributed by atoms with E-state index in [4.69, 9.17) is 4.74 Å². The summed E-state index contributed by atoms with van der Waals surface area (Å²) in [6.45, 7) is 2.83. The summed E-state index contributed by atoms with van der Waals surface area (Å²) in [6.07, 6.45) is 2.53. The van der Waals surface area contributed by atoms with Crippen LogP contribution in [-0.2, 0) is 22.5 Å². The molecule has 2 atom stereocenters. The number of rotatable bonds is 9.